The van der Waals surface area contributed by atoms with Crippen molar-refractivity contribution >= 4 is 5.57 Å². The quantitative estimate of drug-likeness (QED) is 0.835. The maximum absolute atomic E-state index is 13.9. The molecule has 0 aliphatic heterocycles. The van der Waals surface area contributed by atoms with E-state index in [4.69, 9.17) is 4.74 Å². The molecule has 0 spiro atoms. The van der Waals surface area contributed by atoms with Gasteiger partial charge in [0.25, 0.3) is 0 Å². The first-order chi connectivity index (χ1) is 10.1. The van der Waals surface area contributed by atoms with Crippen molar-refractivity contribution < 1.29 is 9.13 Å². The highest BCUT2D eigenvalue weighted by molar-refractivity contribution is 5.70. The fourth-order valence-corrected chi connectivity index (χ4v) is 4.00. The van der Waals surface area contributed by atoms with E-state index in [2.05, 4.69) is 25.1 Å². The number of hydrogen-bond acceptors (Lipinski definition) is 2. The Morgan fingerprint density at radius 3 is 2.76 bits per heavy atom. The summed E-state index contributed by atoms with van der Waals surface area (Å²) in [7, 11) is 5.82. The van der Waals surface area contributed by atoms with Crippen LogP contribution in [0, 0.1) is 23.6 Å². The van der Waals surface area contributed by atoms with Gasteiger partial charge in [-0.1, -0.05) is 6.08 Å². The Morgan fingerprint density at radius 1 is 1.24 bits per heavy atom. The zero-order valence-electron chi connectivity index (χ0n) is 13.1. The van der Waals surface area contributed by atoms with Gasteiger partial charge in [-0.3, -0.25) is 0 Å². The van der Waals surface area contributed by atoms with Gasteiger partial charge in [0, 0.05) is 12.6 Å². The van der Waals surface area contributed by atoms with Crippen LogP contribution in [0.3, 0.4) is 0 Å². The van der Waals surface area contributed by atoms with Crippen LogP contribution in [0.1, 0.15) is 24.8 Å². The third-order valence-corrected chi connectivity index (χ3v) is 4.90. The molecule has 21 heavy (non-hydrogen) atoms. The van der Waals surface area contributed by atoms with Crippen molar-refractivity contribution in [2.24, 2.45) is 17.8 Å². The third-order valence-electron chi connectivity index (χ3n) is 4.90. The van der Waals surface area contributed by atoms with Crippen molar-refractivity contribution in [3.05, 3.63) is 35.7 Å². The lowest BCUT2D eigenvalue weighted by Crippen LogP contribution is -2.29. The van der Waals surface area contributed by atoms with Crippen LogP contribution in [0.4, 0.5) is 4.39 Å². The predicted molar refractivity (Wildman–Crippen MR) is 83.8 cm³/mol. The second-order valence-electron chi connectivity index (χ2n) is 6.70. The van der Waals surface area contributed by atoms with E-state index in [9.17, 15) is 4.39 Å². The first-order valence-electron chi connectivity index (χ1n) is 7.78. The van der Waals surface area contributed by atoms with Crippen LogP contribution in [-0.2, 0) is 0 Å². The lowest BCUT2D eigenvalue weighted by Gasteiger charge is -2.32. The molecule has 0 heterocycles. The molecule has 2 bridgehead atoms. The molecule has 0 amide bonds. The molecule has 0 unspecified atom stereocenters. The van der Waals surface area contributed by atoms with Crippen LogP contribution in [0.5, 0.6) is 5.75 Å². The van der Waals surface area contributed by atoms with Gasteiger partial charge in [-0.2, -0.15) is 0 Å². The summed E-state index contributed by atoms with van der Waals surface area (Å²) in [5.74, 6) is 2.31. The third kappa shape index (κ3) is 2.98. The molecule has 1 saturated carbocycles. The SMILES string of the molecule is COc1cc(F)cc(C2=C[C@H]3CC[C@H](C3)[C@@H]2CN(C)C)c1. The van der Waals surface area contributed by atoms with Gasteiger partial charge in [0.15, 0.2) is 0 Å². The second-order valence-corrected chi connectivity index (χ2v) is 6.70. The Balaban J connectivity index is 1.99. The van der Waals surface area contributed by atoms with Gasteiger partial charge in [-0.05, 0) is 74.4 Å². The lowest BCUT2D eigenvalue weighted by atomic mass is 9.76. The molecule has 0 radical (unpaired) electrons. The van der Waals surface area contributed by atoms with Crippen molar-refractivity contribution in [2.75, 3.05) is 27.7 Å². The number of allylic oxidation sites excluding steroid dienone is 1. The molecular formula is C18H24FNO. The molecule has 2 aliphatic rings. The Hall–Kier alpha value is -1.35. The van der Waals surface area contributed by atoms with E-state index in [-0.39, 0.29) is 5.82 Å². The minimum Gasteiger partial charge on any atom is -0.497 e. The molecule has 1 aromatic rings. The van der Waals surface area contributed by atoms with Crippen LogP contribution < -0.4 is 4.74 Å². The van der Waals surface area contributed by atoms with Gasteiger partial charge in [-0.25, -0.2) is 4.39 Å². The van der Waals surface area contributed by atoms with Gasteiger partial charge in [0.2, 0.25) is 0 Å². The van der Waals surface area contributed by atoms with Crippen molar-refractivity contribution in [3.63, 3.8) is 0 Å². The highest BCUT2D eigenvalue weighted by Gasteiger charge is 2.37. The van der Waals surface area contributed by atoms with E-state index in [1.54, 1.807) is 13.2 Å². The first kappa shape index (κ1) is 14.6. The zero-order chi connectivity index (χ0) is 15.0. The van der Waals surface area contributed by atoms with Crippen molar-refractivity contribution in [1.29, 1.82) is 0 Å². The van der Waals surface area contributed by atoms with Crippen LogP contribution >= 0.6 is 0 Å². The normalized spacial score (nSPS) is 27.9. The smallest absolute Gasteiger partial charge is 0.127 e. The number of methoxy groups -OCH3 is 1. The summed E-state index contributed by atoms with van der Waals surface area (Å²) >= 11 is 0. The van der Waals surface area contributed by atoms with E-state index in [0.29, 0.717) is 17.6 Å². The number of rotatable bonds is 4. The number of hydrogen-bond donors (Lipinski definition) is 0. The summed E-state index contributed by atoms with van der Waals surface area (Å²) in [6.07, 6.45) is 6.28. The molecule has 1 aromatic carbocycles. The van der Waals surface area contributed by atoms with Crippen LogP contribution in [0.2, 0.25) is 0 Å². The monoisotopic (exact) mass is 289 g/mol. The zero-order valence-corrected chi connectivity index (χ0v) is 13.1. The molecule has 0 saturated heterocycles. The van der Waals surface area contributed by atoms with E-state index >= 15 is 0 Å². The molecule has 3 heteroatoms. The predicted octanol–water partition coefficient (Wildman–Crippen LogP) is 3.83. The Kier molecular flexibility index (Phi) is 4.03. The van der Waals surface area contributed by atoms with Crippen molar-refractivity contribution in [2.45, 2.75) is 19.3 Å². The topological polar surface area (TPSA) is 12.5 Å². The van der Waals surface area contributed by atoms with Crippen molar-refractivity contribution in [1.82, 2.24) is 4.90 Å². The molecule has 1 fully saturated rings. The average Bonchev–Trinajstić information content (AvgIpc) is 2.83. The fraction of sp³-hybridized carbons (Fsp3) is 0.556. The van der Waals surface area contributed by atoms with Gasteiger partial charge < -0.3 is 9.64 Å². The molecule has 0 N–H and O–H groups in total. The molecule has 114 valence electrons. The summed E-state index contributed by atoms with van der Waals surface area (Å²) in [6, 6.07) is 5.08. The maximum Gasteiger partial charge on any atom is 0.127 e. The Labute approximate surface area is 126 Å². The highest BCUT2D eigenvalue weighted by Crippen LogP contribution is 2.48. The summed E-state index contributed by atoms with van der Waals surface area (Å²) in [5, 5.41) is 0. The molecule has 2 aliphatic carbocycles. The standard InChI is InChI=1S/C18H24FNO/c1-20(2)11-18-13-5-4-12(6-13)7-17(18)14-8-15(19)10-16(9-14)21-3/h7-10,12-13,18H,4-6,11H2,1-3H3/t12-,13+,18-/m0/s1. The minimum atomic E-state index is -0.216. The second kappa shape index (κ2) is 5.80. The molecule has 3 rings (SSSR count). The number of nitrogens with zero attached hydrogens (tertiary/aromatic N) is 1. The van der Waals surface area contributed by atoms with E-state index in [0.717, 1.165) is 18.0 Å². The van der Waals surface area contributed by atoms with Gasteiger partial charge in [0.1, 0.15) is 11.6 Å². The highest BCUT2D eigenvalue weighted by atomic mass is 19.1. The van der Waals surface area contributed by atoms with Gasteiger partial charge in [-0.15, -0.1) is 0 Å². The van der Waals surface area contributed by atoms with E-state index in [1.165, 1.54) is 30.9 Å². The van der Waals surface area contributed by atoms with Gasteiger partial charge >= 0.3 is 0 Å². The largest absolute Gasteiger partial charge is 0.497 e. The van der Waals surface area contributed by atoms with Crippen LogP contribution in [0.25, 0.3) is 5.57 Å². The Morgan fingerprint density at radius 2 is 2.05 bits per heavy atom. The summed E-state index contributed by atoms with van der Waals surface area (Å²) in [6.45, 7) is 1.03. The maximum atomic E-state index is 13.9. The Bertz CT molecular complexity index is 552. The van der Waals surface area contributed by atoms with Crippen molar-refractivity contribution in [3.8, 4) is 5.75 Å². The fourth-order valence-electron chi connectivity index (χ4n) is 4.00. The van der Waals surface area contributed by atoms with Crippen LogP contribution in [-0.4, -0.2) is 32.6 Å². The average molecular weight is 289 g/mol. The summed E-state index contributed by atoms with van der Waals surface area (Å²) in [5.41, 5.74) is 2.32. The first-order valence-corrected chi connectivity index (χ1v) is 7.78. The number of halogens is 1. The molecule has 0 aromatic heterocycles. The summed E-state index contributed by atoms with van der Waals surface area (Å²) < 4.78 is 19.1. The number of benzene rings is 1. The van der Waals surface area contributed by atoms with E-state index < -0.39 is 0 Å². The molecule has 2 nitrogen and oxygen atoms in total. The molecule has 3 atom stereocenters. The summed E-state index contributed by atoms with van der Waals surface area (Å²) in [4.78, 5) is 2.24. The van der Waals surface area contributed by atoms with E-state index in [1.807, 2.05) is 6.07 Å². The number of fused-ring (bicyclic) bond motifs is 2. The lowest BCUT2D eigenvalue weighted by molar-refractivity contribution is 0.289. The number of ether oxygens (including phenoxy) is 1. The molecular weight excluding hydrogens is 265 g/mol. The van der Waals surface area contributed by atoms with Crippen LogP contribution in [0.15, 0.2) is 24.3 Å². The van der Waals surface area contributed by atoms with Gasteiger partial charge in [0.05, 0.1) is 7.11 Å². The minimum absolute atomic E-state index is 0.216.